The van der Waals surface area contributed by atoms with E-state index in [1.165, 1.54) is 10.8 Å². The van der Waals surface area contributed by atoms with Gasteiger partial charge in [0, 0.05) is 31.3 Å². The Kier molecular flexibility index (Phi) is 5.88. The summed E-state index contributed by atoms with van der Waals surface area (Å²) in [5, 5.41) is 15.4. The fourth-order valence-corrected chi connectivity index (χ4v) is 4.80. The van der Waals surface area contributed by atoms with Crippen LogP contribution in [0.5, 0.6) is 0 Å². The van der Waals surface area contributed by atoms with Gasteiger partial charge in [-0.15, -0.1) is 0 Å². The fraction of sp³-hybridized carbons (Fsp3) is 0.227. The van der Waals surface area contributed by atoms with Crippen LogP contribution in [0.25, 0.3) is 16.6 Å². The van der Waals surface area contributed by atoms with E-state index < -0.39 is 0 Å². The molecule has 0 spiro atoms. The summed E-state index contributed by atoms with van der Waals surface area (Å²) in [6.45, 7) is 0.839. The molecule has 11 nitrogen and oxygen atoms in total. The average Bonchev–Trinajstić information content (AvgIpc) is 3.59. The second-order valence-electron chi connectivity index (χ2n) is 7.96. The van der Waals surface area contributed by atoms with Gasteiger partial charge in [0.1, 0.15) is 35.2 Å². The van der Waals surface area contributed by atoms with Gasteiger partial charge in [-0.1, -0.05) is 11.6 Å². The number of nitrogens with zero attached hydrogens (tertiary/aromatic N) is 9. The normalized spacial score (nSPS) is 15.4. The van der Waals surface area contributed by atoms with Gasteiger partial charge in [-0.2, -0.15) is 23.9 Å². The second kappa shape index (κ2) is 9.01. The summed E-state index contributed by atoms with van der Waals surface area (Å²) >= 11 is 6.31. The lowest BCUT2D eigenvalue weighted by atomic mass is 10.1. The Bertz CT molecular complexity index is 1640. The molecule has 1 fully saturated rings. The molecule has 1 aliphatic rings. The third-order valence-electron chi connectivity index (χ3n) is 6.06. The van der Waals surface area contributed by atoms with Crippen molar-refractivity contribution in [2.45, 2.75) is 25.4 Å². The predicted molar refractivity (Wildman–Crippen MR) is 134 cm³/mol. The van der Waals surface area contributed by atoms with E-state index in [1.807, 2.05) is 0 Å². The quantitative estimate of drug-likeness (QED) is 0.393. The van der Waals surface area contributed by atoms with Crippen LogP contribution >= 0.6 is 25.1 Å². The number of H-pyrrole nitrogens is 1. The highest BCUT2D eigenvalue weighted by molar-refractivity contribution is 7.59. The van der Waals surface area contributed by atoms with Crippen LogP contribution in [0.1, 0.15) is 36.1 Å². The van der Waals surface area contributed by atoms with Crippen molar-refractivity contribution < 1.29 is 0 Å². The highest BCUT2D eigenvalue weighted by atomic mass is 35.5. The predicted octanol–water partition coefficient (Wildman–Crippen LogP) is 2.58. The SMILES string of the molecule is N#Cc1c[nH]c2ncnc(N3CCC[C@H]3c3nn4ccc(Cl)c4c(=O)n3Cc3ncccn3)c12.S. The number of hydrogen-bond acceptors (Lipinski definition) is 8. The number of hydrogen-bond donors (Lipinski definition) is 1. The highest BCUT2D eigenvalue weighted by Gasteiger charge is 2.34. The van der Waals surface area contributed by atoms with Crippen molar-refractivity contribution in [2.24, 2.45) is 0 Å². The van der Waals surface area contributed by atoms with Gasteiger partial charge < -0.3 is 9.88 Å². The molecule has 1 atom stereocenters. The molecular weight excluding hydrogens is 488 g/mol. The van der Waals surface area contributed by atoms with Crippen LogP contribution in [-0.2, 0) is 6.54 Å². The number of anilines is 1. The van der Waals surface area contributed by atoms with Crippen molar-refractivity contribution in [3.05, 3.63) is 75.8 Å². The van der Waals surface area contributed by atoms with Gasteiger partial charge in [-0.3, -0.25) is 9.36 Å². The van der Waals surface area contributed by atoms with E-state index in [0.717, 1.165) is 12.8 Å². The maximum atomic E-state index is 13.6. The summed E-state index contributed by atoms with van der Waals surface area (Å²) in [7, 11) is 0. The van der Waals surface area contributed by atoms with Gasteiger partial charge in [0.15, 0.2) is 5.82 Å². The number of nitriles is 1. The largest absolute Gasteiger partial charge is 0.346 e. The molecule has 13 heteroatoms. The maximum Gasteiger partial charge on any atom is 0.279 e. The van der Waals surface area contributed by atoms with E-state index in [4.69, 9.17) is 16.7 Å². The molecule has 6 rings (SSSR count). The zero-order valence-electron chi connectivity index (χ0n) is 18.3. The van der Waals surface area contributed by atoms with Crippen LogP contribution in [-0.4, -0.2) is 45.6 Å². The van der Waals surface area contributed by atoms with Crippen molar-refractivity contribution in [2.75, 3.05) is 11.4 Å². The van der Waals surface area contributed by atoms with Gasteiger partial charge in [-0.05, 0) is 25.0 Å². The van der Waals surface area contributed by atoms with E-state index in [-0.39, 0.29) is 31.6 Å². The Morgan fingerprint density at radius 3 is 2.86 bits per heavy atom. The van der Waals surface area contributed by atoms with Crippen LogP contribution in [0.4, 0.5) is 5.82 Å². The number of halogens is 1. The topological polar surface area (TPSA) is 134 Å². The molecule has 0 unspecified atom stereocenters. The summed E-state index contributed by atoms with van der Waals surface area (Å²) in [5.41, 5.74) is 1.08. The second-order valence-corrected chi connectivity index (χ2v) is 8.37. The summed E-state index contributed by atoms with van der Waals surface area (Å²) in [6.07, 6.45) is 9.66. The summed E-state index contributed by atoms with van der Waals surface area (Å²) in [4.78, 5) is 36.1. The Balaban J connectivity index is 0.00000253. The molecule has 0 bridgehead atoms. The lowest BCUT2D eigenvalue weighted by molar-refractivity contribution is 0.546. The molecule has 35 heavy (non-hydrogen) atoms. The van der Waals surface area contributed by atoms with E-state index in [0.29, 0.717) is 51.1 Å². The first kappa shape index (κ1) is 22.8. The lowest BCUT2D eigenvalue weighted by Gasteiger charge is -2.27. The Morgan fingerprint density at radius 1 is 1.23 bits per heavy atom. The molecule has 1 saturated heterocycles. The third kappa shape index (κ3) is 3.69. The third-order valence-corrected chi connectivity index (χ3v) is 6.37. The van der Waals surface area contributed by atoms with E-state index in [1.54, 1.807) is 41.5 Å². The first-order chi connectivity index (χ1) is 16.7. The van der Waals surface area contributed by atoms with E-state index >= 15 is 0 Å². The molecule has 0 amide bonds. The minimum Gasteiger partial charge on any atom is -0.346 e. The zero-order chi connectivity index (χ0) is 23.2. The fourth-order valence-electron chi connectivity index (χ4n) is 4.57. The number of fused-ring (bicyclic) bond motifs is 2. The number of rotatable bonds is 4. The molecule has 1 aliphatic heterocycles. The van der Waals surface area contributed by atoms with Gasteiger partial charge >= 0.3 is 0 Å². The minimum absolute atomic E-state index is 0. The van der Waals surface area contributed by atoms with Crippen molar-refractivity contribution in [3.8, 4) is 6.07 Å². The zero-order valence-corrected chi connectivity index (χ0v) is 20.0. The molecule has 1 N–H and O–H groups in total. The highest BCUT2D eigenvalue weighted by Crippen LogP contribution is 2.38. The van der Waals surface area contributed by atoms with Crippen LogP contribution in [0.2, 0.25) is 5.02 Å². The molecule has 176 valence electrons. The Hall–Kier alpha value is -3.95. The monoisotopic (exact) mass is 506 g/mol. The van der Waals surface area contributed by atoms with Gasteiger partial charge in [0.2, 0.25) is 0 Å². The maximum absolute atomic E-state index is 13.6. The average molecular weight is 507 g/mol. The van der Waals surface area contributed by atoms with Gasteiger partial charge in [-0.25, -0.2) is 24.5 Å². The summed E-state index contributed by atoms with van der Waals surface area (Å²) in [5.74, 6) is 1.68. The van der Waals surface area contributed by atoms with Gasteiger partial charge in [0.05, 0.1) is 28.6 Å². The van der Waals surface area contributed by atoms with Crippen molar-refractivity contribution in [1.29, 1.82) is 5.26 Å². The number of aromatic amines is 1. The standard InChI is InChI=1S/C22H17ClN10O.H2S/c23-14-4-8-33-18(14)22(34)32(11-16-25-5-2-6-26-16)20(30-33)15-3-1-7-31(15)21-17-13(9-24)10-27-19(17)28-12-29-21;/h2,4-6,8,10,12,15H,1,3,7,11H2,(H,27,28,29);1H2/t15-;/m0./s1. The summed E-state index contributed by atoms with van der Waals surface area (Å²) in [6, 6.07) is 5.32. The number of nitrogens with one attached hydrogen (secondary N) is 1. The number of aromatic nitrogens is 8. The first-order valence-corrected chi connectivity index (χ1v) is 11.1. The molecule has 0 radical (unpaired) electrons. The van der Waals surface area contributed by atoms with Crippen molar-refractivity contribution in [3.63, 3.8) is 0 Å². The van der Waals surface area contributed by atoms with E-state index in [2.05, 4.69) is 35.9 Å². The molecule has 6 heterocycles. The lowest BCUT2D eigenvalue weighted by Crippen LogP contribution is -2.34. The minimum atomic E-state index is -0.272. The van der Waals surface area contributed by atoms with Crippen LogP contribution in [0, 0.1) is 11.3 Å². The summed E-state index contributed by atoms with van der Waals surface area (Å²) < 4.78 is 3.10. The Morgan fingerprint density at radius 2 is 2.06 bits per heavy atom. The molecule has 0 saturated carbocycles. The van der Waals surface area contributed by atoms with Crippen LogP contribution < -0.4 is 10.5 Å². The molecular formula is C22H19ClN10OS. The van der Waals surface area contributed by atoms with Crippen molar-refractivity contribution >= 4 is 47.5 Å². The van der Waals surface area contributed by atoms with Crippen LogP contribution in [0.15, 0.2) is 48.0 Å². The molecule has 5 aromatic rings. The first-order valence-electron chi connectivity index (χ1n) is 10.7. The Labute approximate surface area is 210 Å². The van der Waals surface area contributed by atoms with Crippen LogP contribution in [0.3, 0.4) is 0 Å². The smallest absolute Gasteiger partial charge is 0.279 e. The molecule has 0 aliphatic carbocycles. The van der Waals surface area contributed by atoms with Gasteiger partial charge in [0.25, 0.3) is 5.56 Å². The van der Waals surface area contributed by atoms with E-state index in [9.17, 15) is 10.1 Å². The molecule has 5 aromatic heterocycles. The molecule has 0 aromatic carbocycles. The van der Waals surface area contributed by atoms with Crippen molar-refractivity contribution in [1.82, 2.24) is 39.1 Å².